The van der Waals surface area contributed by atoms with Gasteiger partial charge < -0.3 is 0 Å². The summed E-state index contributed by atoms with van der Waals surface area (Å²) in [5, 5.41) is 0.530. The Bertz CT molecular complexity index is 661. The molecule has 17 heavy (non-hydrogen) atoms. The van der Waals surface area contributed by atoms with E-state index in [4.69, 9.17) is 11.6 Å². The molecule has 1 aromatic heterocycles. The number of Topliss-reactive ketones (excluding diaryl/α,β-unsaturated/α-hetero) is 1. The number of ketones is 1. The van der Waals surface area contributed by atoms with Gasteiger partial charge in [0.15, 0.2) is 0 Å². The minimum absolute atomic E-state index is 0.0471. The molecular weight excluding hydrogens is 240 g/mol. The van der Waals surface area contributed by atoms with Crippen molar-refractivity contribution in [1.29, 1.82) is 0 Å². The number of carbonyl (C=O) groups is 1. The summed E-state index contributed by atoms with van der Waals surface area (Å²) in [6.45, 7) is 3.22. The van der Waals surface area contributed by atoms with Gasteiger partial charge in [-0.15, -0.1) is 0 Å². The number of hydrogen-bond donors (Lipinski definition) is 0. The fourth-order valence-corrected chi connectivity index (χ4v) is 1.94. The van der Waals surface area contributed by atoms with Crippen molar-refractivity contribution in [2.24, 2.45) is 0 Å². The fraction of sp³-hybridized carbons (Fsp3) is 0.250. The number of carbonyl (C=O) groups excluding carboxylic acids is 1. The standard InChI is InChI=1S/C12H11ClN2O2/c1-7-4-3-5-9-10(7)14-12(13)15(11(9)17)6-8(2)16/h3-5H,6H2,1-2H3. The lowest BCUT2D eigenvalue weighted by atomic mass is 10.1. The molecule has 4 nitrogen and oxygen atoms in total. The average molecular weight is 251 g/mol. The molecule has 0 N–H and O–H groups in total. The van der Waals surface area contributed by atoms with Gasteiger partial charge in [0.25, 0.3) is 5.56 Å². The van der Waals surface area contributed by atoms with Crippen LogP contribution < -0.4 is 5.56 Å². The lowest BCUT2D eigenvalue weighted by Gasteiger charge is -2.08. The van der Waals surface area contributed by atoms with Crippen LogP contribution in [0.3, 0.4) is 0 Å². The average Bonchev–Trinajstić information content (AvgIpc) is 2.26. The van der Waals surface area contributed by atoms with Crippen LogP contribution in [0.25, 0.3) is 10.9 Å². The lowest BCUT2D eigenvalue weighted by molar-refractivity contribution is -0.117. The predicted octanol–water partition coefficient (Wildman–Crippen LogP) is 1.95. The molecule has 88 valence electrons. The molecule has 0 aliphatic heterocycles. The molecule has 0 amide bonds. The monoisotopic (exact) mass is 250 g/mol. The Hall–Kier alpha value is -1.68. The summed E-state index contributed by atoms with van der Waals surface area (Å²) in [4.78, 5) is 27.4. The first-order valence-corrected chi connectivity index (χ1v) is 5.53. The molecule has 0 unspecified atom stereocenters. The number of halogens is 1. The van der Waals surface area contributed by atoms with Crippen molar-refractivity contribution in [3.8, 4) is 0 Å². The summed E-state index contributed by atoms with van der Waals surface area (Å²) in [5.74, 6) is -0.136. The summed E-state index contributed by atoms with van der Waals surface area (Å²) in [5.41, 5.74) is 1.19. The van der Waals surface area contributed by atoms with Crippen LogP contribution in [0.5, 0.6) is 0 Å². The second kappa shape index (κ2) is 4.30. The van der Waals surface area contributed by atoms with Gasteiger partial charge >= 0.3 is 0 Å². The molecule has 2 rings (SSSR count). The molecule has 0 radical (unpaired) electrons. The molecule has 0 fully saturated rings. The molecule has 0 spiro atoms. The van der Waals surface area contributed by atoms with E-state index in [2.05, 4.69) is 4.98 Å². The SMILES string of the molecule is CC(=O)Cn1c(Cl)nc2c(C)cccc2c1=O. The van der Waals surface area contributed by atoms with Gasteiger partial charge in [-0.05, 0) is 37.1 Å². The van der Waals surface area contributed by atoms with E-state index in [9.17, 15) is 9.59 Å². The molecule has 0 saturated carbocycles. The fourth-order valence-electron chi connectivity index (χ4n) is 1.72. The van der Waals surface area contributed by atoms with Gasteiger partial charge in [0.05, 0.1) is 17.4 Å². The van der Waals surface area contributed by atoms with E-state index in [-0.39, 0.29) is 23.2 Å². The number of fused-ring (bicyclic) bond motifs is 1. The quantitative estimate of drug-likeness (QED) is 0.766. The van der Waals surface area contributed by atoms with Crippen LogP contribution >= 0.6 is 11.6 Å². The Balaban J connectivity index is 2.81. The highest BCUT2D eigenvalue weighted by Gasteiger charge is 2.11. The van der Waals surface area contributed by atoms with Crippen molar-refractivity contribution < 1.29 is 4.79 Å². The summed E-state index contributed by atoms with van der Waals surface area (Å²) >= 11 is 5.92. The van der Waals surface area contributed by atoms with E-state index in [1.54, 1.807) is 12.1 Å². The minimum atomic E-state index is -0.279. The van der Waals surface area contributed by atoms with E-state index in [0.717, 1.165) is 5.56 Å². The maximum Gasteiger partial charge on any atom is 0.262 e. The van der Waals surface area contributed by atoms with Gasteiger partial charge in [-0.1, -0.05) is 12.1 Å². The van der Waals surface area contributed by atoms with E-state index < -0.39 is 0 Å². The zero-order valence-corrected chi connectivity index (χ0v) is 10.3. The maximum atomic E-state index is 12.1. The summed E-state index contributed by atoms with van der Waals surface area (Å²) in [6.07, 6.45) is 0. The van der Waals surface area contributed by atoms with Crippen molar-refractivity contribution >= 4 is 28.3 Å². The van der Waals surface area contributed by atoms with Gasteiger partial charge in [0.2, 0.25) is 5.28 Å². The molecule has 1 heterocycles. The lowest BCUT2D eigenvalue weighted by Crippen LogP contribution is -2.25. The first-order chi connectivity index (χ1) is 8.00. The van der Waals surface area contributed by atoms with E-state index in [1.807, 2.05) is 13.0 Å². The van der Waals surface area contributed by atoms with Crippen molar-refractivity contribution in [3.05, 3.63) is 39.4 Å². The summed E-state index contributed by atoms with van der Waals surface area (Å²) in [6, 6.07) is 5.33. The number of rotatable bonds is 2. The van der Waals surface area contributed by atoms with Crippen molar-refractivity contribution in [2.75, 3.05) is 0 Å². The van der Waals surface area contributed by atoms with Crippen LogP contribution in [0.2, 0.25) is 5.28 Å². The molecule has 0 aliphatic carbocycles. The number of benzene rings is 1. The maximum absolute atomic E-state index is 12.1. The van der Waals surface area contributed by atoms with E-state index >= 15 is 0 Å². The number of nitrogens with zero attached hydrogens (tertiary/aromatic N) is 2. The molecule has 0 atom stereocenters. The van der Waals surface area contributed by atoms with Crippen molar-refractivity contribution in [1.82, 2.24) is 9.55 Å². The van der Waals surface area contributed by atoms with Gasteiger partial charge in [-0.2, -0.15) is 0 Å². The number of hydrogen-bond acceptors (Lipinski definition) is 3. The smallest absolute Gasteiger partial charge is 0.262 e. The number of aryl methyl sites for hydroxylation is 1. The van der Waals surface area contributed by atoms with Crippen LogP contribution in [0, 0.1) is 6.92 Å². The van der Waals surface area contributed by atoms with Crippen molar-refractivity contribution in [3.63, 3.8) is 0 Å². The Kier molecular flexibility index (Phi) is 2.98. The Morgan fingerprint density at radius 1 is 1.47 bits per heavy atom. The van der Waals surface area contributed by atoms with Gasteiger partial charge in [0, 0.05) is 0 Å². The second-order valence-electron chi connectivity index (χ2n) is 3.95. The van der Waals surface area contributed by atoms with E-state index in [0.29, 0.717) is 10.9 Å². The third kappa shape index (κ3) is 2.08. The highest BCUT2D eigenvalue weighted by atomic mass is 35.5. The van der Waals surface area contributed by atoms with Gasteiger partial charge in [-0.3, -0.25) is 14.2 Å². The topological polar surface area (TPSA) is 52.0 Å². The second-order valence-corrected chi connectivity index (χ2v) is 4.28. The largest absolute Gasteiger partial charge is 0.298 e. The van der Waals surface area contributed by atoms with Gasteiger partial charge in [0.1, 0.15) is 5.78 Å². The first-order valence-electron chi connectivity index (χ1n) is 5.16. The Morgan fingerprint density at radius 2 is 2.18 bits per heavy atom. The van der Waals surface area contributed by atoms with E-state index in [1.165, 1.54) is 11.5 Å². The summed E-state index contributed by atoms with van der Waals surface area (Å²) < 4.78 is 1.19. The first kappa shape index (κ1) is 11.8. The molecule has 2 aromatic rings. The van der Waals surface area contributed by atoms with Crippen LogP contribution in [0.15, 0.2) is 23.0 Å². The molecule has 0 bridgehead atoms. The van der Waals surface area contributed by atoms with Crippen molar-refractivity contribution in [2.45, 2.75) is 20.4 Å². The summed E-state index contributed by atoms with van der Waals surface area (Å²) in [7, 11) is 0. The zero-order chi connectivity index (χ0) is 12.6. The molecule has 5 heteroatoms. The zero-order valence-electron chi connectivity index (χ0n) is 9.53. The number of para-hydroxylation sites is 1. The van der Waals surface area contributed by atoms with Crippen LogP contribution in [-0.4, -0.2) is 15.3 Å². The highest BCUT2D eigenvalue weighted by molar-refractivity contribution is 6.28. The van der Waals surface area contributed by atoms with Crippen LogP contribution in [0.4, 0.5) is 0 Å². The molecule has 0 saturated heterocycles. The predicted molar refractivity (Wildman–Crippen MR) is 66.4 cm³/mol. The third-order valence-electron chi connectivity index (χ3n) is 2.52. The molecule has 0 aliphatic rings. The van der Waals surface area contributed by atoms with Gasteiger partial charge in [-0.25, -0.2) is 4.98 Å². The van der Waals surface area contributed by atoms with Crippen LogP contribution in [-0.2, 0) is 11.3 Å². The molecular formula is C12H11ClN2O2. The normalized spacial score (nSPS) is 10.8. The van der Waals surface area contributed by atoms with Crippen LogP contribution in [0.1, 0.15) is 12.5 Å². The Morgan fingerprint density at radius 3 is 2.82 bits per heavy atom. The Labute approximate surface area is 103 Å². The highest BCUT2D eigenvalue weighted by Crippen LogP contribution is 2.15. The molecule has 1 aromatic carbocycles. The third-order valence-corrected chi connectivity index (χ3v) is 2.81. The number of aromatic nitrogens is 2. The minimum Gasteiger partial charge on any atom is -0.298 e.